The molecular weight excluding hydrogens is 192 g/mol. The maximum absolute atomic E-state index is 8.61. The molecule has 0 fully saturated rings. The van der Waals surface area contributed by atoms with Gasteiger partial charge >= 0.3 is 0 Å². The van der Waals surface area contributed by atoms with Crippen LogP contribution in [-0.2, 0) is 0 Å². The van der Waals surface area contributed by atoms with Gasteiger partial charge < -0.3 is 5.11 Å². The van der Waals surface area contributed by atoms with Crippen LogP contribution in [0, 0.1) is 0 Å². The van der Waals surface area contributed by atoms with Crippen LogP contribution in [0.5, 0.6) is 0 Å². The van der Waals surface area contributed by atoms with Crippen LogP contribution >= 0.6 is 0 Å². The highest BCUT2D eigenvalue weighted by Crippen LogP contribution is 2.03. The Hall–Kier alpha value is -2.01. The van der Waals surface area contributed by atoms with E-state index in [1.807, 2.05) is 0 Å². The molecule has 0 amide bonds. The number of hydrogen-bond acceptors (Lipinski definition) is 4. The molecule has 0 aliphatic carbocycles. The maximum atomic E-state index is 8.61. The first kappa shape index (κ1) is 9.54. The fourth-order valence-corrected chi connectivity index (χ4v) is 1.13. The molecule has 0 aliphatic heterocycles. The maximum Gasteiger partial charge on any atom is 0.234 e. The van der Waals surface area contributed by atoms with E-state index >= 15 is 0 Å². The lowest BCUT2D eigenvalue weighted by atomic mass is 10.4. The van der Waals surface area contributed by atoms with Crippen LogP contribution in [-0.4, -0.2) is 31.2 Å². The van der Waals surface area contributed by atoms with Gasteiger partial charge in [-0.15, -0.1) is 0 Å². The molecule has 76 valence electrons. The van der Waals surface area contributed by atoms with Gasteiger partial charge in [-0.2, -0.15) is 0 Å². The summed E-state index contributed by atoms with van der Waals surface area (Å²) in [6.07, 6.45) is 10.1. The second-order valence-corrected chi connectivity index (χ2v) is 2.84. The lowest BCUT2D eigenvalue weighted by Gasteiger charge is -1.95. The molecule has 0 radical (unpaired) electrons. The van der Waals surface area contributed by atoms with Gasteiger partial charge in [-0.3, -0.25) is 4.57 Å². The Bertz CT molecular complexity index is 449. The van der Waals surface area contributed by atoms with Crippen molar-refractivity contribution in [3.8, 4) is 5.95 Å². The zero-order chi connectivity index (χ0) is 10.5. The molecule has 0 bridgehead atoms. The minimum atomic E-state index is 0.00863. The molecule has 0 saturated heterocycles. The minimum Gasteiger partial charge on any atom is -0.392 e. The molecule has 2 heterocycles. The van der Waals surface area contributed by atoms with Crippen molar-refractivity contribution in [1.29, 1.82) is 0 Å². The molecule has 2 aromatic heterocycles. The van der Waals surface area contributed by atoms with Crippen molar-refractivity contribution in [2.45, 2.75) is 0 Å². The van der Waals surface area contributed by atoms with Crippen LogP contribution < -0.4 is 0 Å². The molecule has 0 saturated carbocycles. The highest BCUT2D eigenvalue weighted by Gasteiger charge is 1.99. The van der Waals surface area contributed by atoms with Crippen molar-refractivity contribution >= 4 is 6.08 Å². The van der Waals surface area contributed by atoms with Crippen LogP contribution in [0.2, 0.25) is 0 Å². The molecule has 5 nitrogen and oxygen atoms in total. The van der Waals surface area contributed by atoms with Crippen LogP contribution in [0.15, 0.2) is 37.1 Å². The van der Waals surface area contributed by atoms with E-state index in [1.54, 1.807) is 47.7 Å². The van der Waals surface area contributed by atoms with Gasteiger partial charge in [0.1, 0.15) is 6.33 Å². The van der Waals surface area contributed by atoms with Gasteiger partial charge in [0.15, 0.2) is 0 Å². The second kappa shape index (κ2) is 4.47. The Kier molecular flexibility index (Phi) is 2.85. The summed E-state index contributed by atoms with van der Waals surface area (Å²) in [5.74, 6) is 0.577. The first-order chi connectivity index (χ1) is 7.40. The van der Waals surface area contributed by atoms with Gasteiger partial charge in [-0.1, -0.05) is 6.08 Å². The third kappa shape index (κ3) is 2.26. The van der Waals surface area contributed by atoms with Crippen molar-refractivity contribution in [2.75, 3.05) is 6.61 Å². The summed E-state index contributed by atoms with van der Waals surface area (Å²) >= 11 is 0. The standard InChI is InChI=1S/C10H10N4O/c15-6-1-3-9-7-14(8-13-9)10-11-4-2-5-12-10/h1-5,7-8,15H,6H2. The molecule has 0 unspecified atom stereocenters. The average molecular weight is 202 g/mol. The van der Waals surface area contributed by atoms with E-state index in [9.17, 15) is 0 Å². The van der Waals surface area contributed by atoms with Gasteiger partial charge in [-0.05, 0) is 12.1 Å². The van der Waals surface area contributed by atoms with Crippen LogP contribution in [0.4, 0.5) is 0 Å². The minimum absolute atomic E-state index is 0.00863. The van der Waals surface area contributed by atoms with Gasteiger partial charge in [-0.25, -0.2) is 15.0 Å². The van der Waals surface area contributed by atoms with E-state index < -0.39 is 0 Å². The van der Waals surface area contributed by atoms with E-state index in [0.717, 1.165) is 5.69 Å². The Morgan fingerprint density at radius 2 is 2.07 bits per heavy atom. The molecule has 2 rings (SSSR count). The Morgan fingerprint density at radius 3 is 2.80 bits per heavy atom. The van der Waals surface area contributed by atoms with Crippen molar-refractivity contribution < 1.29 is 5.11 Å². The van der Waals surface area contributed by atoms with Crippen molar-refractivity contribution in [3.63, 3.8) is 0 Å². The SMILES string of the molecule is OCC=Cc1cn(-c2ncccn2)cn1. The van der Waals surface area contributed by atoms with Crippen molar-refractivity contribution in [3.05, 3.63) is 42.8 Å². The number of aliphatic hydroxyl groups excluding tert-OH is 1. The first-order valence-corrected chi connectivity index (χ1v) is 4.49. The number of aliphatic hydroxyl groups is 1. The lowest BCUT2D eigenvalue weighted by molar-refractivity contribution is 0.343. The number of imidazole rings is 1. The van der Waals surface area contributed by atoms with Crippen LogP contribution in [0.3, 0.4) is 0 Å². The quantitative estimate of drug-likeness (QED) is 0.794. The van der Waals surface area contributed by atoms with E-state index in [-0.39, 0.29) is 6.61 Å². The van der Waals surface area contributed by atoms with Gasteiger partial charge in [0.2, 0.25) is 5.95 Å². The predicted molar refractivity (Wildman–Crippen MR) is 55.3 cm³/mol. The number of nitrogens with zero attached hydrogens (tertiary/aromatic N) is 4. The number of aromatic nitrogens is 4. The first-order valence-electron chi connectivity index (χ1n) is 4.49. The van der Waals surface area contributed by atoms with Crippen LogP contribution in [0.1, 0.15) is 5.69 Å². The highest BCUT2D eigenvalue weighted by molar-refractivity contribution is 5.43. The molecule has 2 aromatic rings. The van der Waals surface area contributed by atoms with Gasteiger partial charge in [0, 0.05) is 18.6 Å². The summed E-state index contributed by atoms with van der Waals surface area (Å²) in [6.45, 7) is 0.00863. The summed E-state index contributed by atoms with van der Waals surface area (Å²) in [7, 11) is 0. The average Bonchev–Trinajstić information content (AvgIpc) is 2.76. The van der Waals surface area contributed by atoms with Crippen LogP contribution in [0.25, 0.3) is 12.0 Å². The number of rotatable bonds is 3. The monoisotopic (exact) mass is 202 g/mol. The molecule has 0 aliphatic rings. The van der Waals surface area contributed by atoms with E-state index in [4.69, 9.17) is 5.11 Å². The molecule has 1 N–H and O–H groups in total. The molecule has 0 spiro atoms. The number of hydrogen-bond donors (Lipinski definition) is 1. The fraction of sp³-hybridized carbons (Fsp3) is 0.100. The fourth-order valence-electron chi connectivity index (χ4n) is 1.13. The zero-order valence-corrected chi connectivity index (χ0v) is 7.98. The topological polar surface area (TPSA) is 63.8 Å². The molecule has 0 atom stereocenters. The molecular formula is C10H10N4O. The Balaban J connectivity index is 2.24. The Labute approximate surface area is 86.8 Å². The van der Waals surface area contributed by atoms with Crippen molar-refractivity contribution in [1.82, 2.24) is 19.5 Å². The van der Waals surface area contributed by atoms with Gasteiger partial charge in [0.05, 0.1) is 12.3 Å². The molecule has 5 heteroatoms. The zero-order valence-electron chi connectivity index (χ0n) is 7.98. The largest absolute Gasteiger partial charge is 0.392 e. The normalized spacial score (nSPS) is 11.0. The summed E-state index contributed by atoms with van der Waals surface area (Å²) in [4.78, 5) is 12.3. The van der Waals surface area contributed by atoms with Crippen molar-refractivity contribution in [2.24, 2.45) is 0 Å². The van der Waals surface area contributed by atoms with E-state index in [0.29, 0.717) is 5.95 Å². The summed E-state index contributed by atoms with van der Waals surface area (Å²) in [6, 6.07) is 1.76. The second-order valence-electron chi connectivity index (χ2n) is 2.84. The summed E-state index contributed by atoms with van der Waals surface area (Å²) < 4.78 is 1.72. The predicted octanol–water partition coefficient (Wildman–Crippen LogP) is 0.668. The third-order valence-corrected chi connectivity index (χ3v) is 1.78. The summed E-state index contributed by atoms with van der Waals surface area (Å²) in [5.41, 5.74) is 0.761. The lowest BCUT2D eigenvalue weighted by Crippen LogP contribution is -1.96. The summed E-state index contributed by atoms with van der Waals surface area (Å²) in [5, 5.41) is 8.61. The highest BCUT2D eigenvalue weighted by atomic mass is 16.2. The molecule has 15 heavy (non-hydrogen) atoms. The molecule has 0 aromatic carbocycles. The third-order valence-electron chi connectivity index (χ3n) is 1.78. The van der Waals surface area contributed by atoms with E-state index in [2.05, 4.69) is 15.0 Å². The van der Waals surface area contributed by atoms with E-state index in [1.165, 1.54) is 0 Å². The Morgan fingerprint density at radius 1 is 1.27 bits per heavy atom. The smallest absolute Gasteiger partial charge is 0.234 e. The van der Waals surface area contributed by atoms with Gasteiger partial charge in [0.25, 0.3) is 0 Å².